The quantitative estimate of drug-likeness (QED) is 0.758. The Morgan fingerprint density at radius 3 is 2.42 bits per heavy atom. The zero-order valence-corrected chi connectivity index (χ0v) is 15.9. The number of rotatable bonds is 5. The topological polar surface area (TPSA) is 95.9 Å². The molecule has 2 aliphatic rings. The van der Waals surface area contributed by atoms with Crippen LogP contribution in [0.3, 0.4) is 0 Å². The van der Waals surface area contributed by atoms with E-state index in [1.807, 2.05) is 6.92 Å². The van der Waals surface area contributed by atoms with E-state index in [4.69, 9.17) is 4.74 Å². The van der Waals surface area contributed by atoms with Crippen LogP contribution in [-0.4, -0.2) is 56.1 Å². The maximum absolute atomic E-state index is 12.7. The summed E-state index contributed by atoms with van der Waals surface area (Å²) in [5.74, 6) is -1.11. The number of carboxylic acids is 1. The lowest BCUT2D eigenvalue weighted by molar-refractivity contribution is -0.165. The third kappa shape index (κ3) is 2.72. The molecule has 2 amide bonds. The molecule has 2 N–H and O–H groups in total. The van der Waals surface area contributed by atoms with Gasteiger partial charge in [-0.05, 0) is 52.0 Å². The lowest BCUT2D eigenvalue weighted by atomic mass is 9.86. The molecule has 2 saturated heterocycles. The Morgan fingerprint density at radius 2 is 1.88 bits per heavy atom. The molecule has 1 aromatic rings. The average Bonchev–Trinajstić information content (AvgIpc) is 2.85. The van der Waals surface area contributed by atoms with Crippen LogP contribution in [0.5, 0.6) is 5.75 Å². The second-order valence-corrected chi connectivity index (χ2v) is 8.88. The zero-order chi connectivity index (χ0) is 19.3. The Hall–Kier alpha value is -2.22. The summed E-state index contributed by atoms with van der Waals surface area (Å²) in [6.45, 7) is 7.66. The van der Waals surface area contributed by atoms with Crippen LogP contribution >= 0.6 is 11.8 Å². The number of ether oxygens (including phenoxy) is 1. The van der Waals surface area contributed by atoms with Gasteiger partial charge in [-0.2, -0.15) is 0 Å². The van der Waals surface area contributed by atoms with E-state index in [0.717, 1.165) is 0 Å². The number of carbonyl (C=O) groups is 3. The molecule has 8 heteroatoms. The van der Waals surface area contributed by atoms with Gasteiger partial charge in [0, 0.05) is 10.3 Å². The predicted octanol–water partition coefficient (Wildman–Crippen LogP) is 1.72. The number of hydrogen-bond donors (Lipinski definition) is 2. The van der Waals surface area contributed by atoms with E-state index in [9.17, 15) is 19.5 Å². The van der Waals surface area contributed by atoms with Gasteiger partial charge in [0.15, 0.2) is 0 Å². The molecule has 7 nitrogen and oxygen atoms in total. The van der Waals surface area contributed by atoms with Gasteiger partial charge in [-0.25, -0.2) is 4.79 Å². The highest BCUT2D eigenvalue weighted by molar-refractivity contribution is 8.01. The number of nitrogens with zero attached hydrogens (tertiary/aromatic N) is 1. The average molecular weight is 378 g/mol. The Kier molecular flexibility index (Phi) is 4.42. The molecule has 2 heterocycles. The van der Waals surface area contributed by atoms with E-state index in [-0.39, 0.29) is 11.8 Å². The third-order valence-corrected chi connectivity index (χ3v) is 6.56. The molecule has 0 saturated carbocycles. The molecular weight excluding hydrogens is 356 g/mol. The lowest BCUT2D eigenvalue weighted by Gasteiger charge is -2.51. The van der Waals surface area contributed by atoms with E-state index < -0.39 is 27.7 Å². The minimum Gasteiger partial charge on any atom is -0.494 e. The molecule has 0 aromatic heterocycles. The largest absolute Gasteiger partial charge is 0.494 e. The number of carboxylic acid groups (broad SMARTS) is 1. The van der Waals surface area contributed by atoms with Crippen molar-refractivity contribution in [2.24, 2.45) is 0 Å². The number of hydrogen-bond acceptors (Lipinski definition) is 5. The lowest BCUT2D eigenvalue weighted by Crippen LogP contribution is -2.78. The van der Waals surface area contributed by atoms with Gasteiger partial charge in [0.2, 0.25) is 0 Å². The second kappa shape index (κ2) is 6.19. The summed E-state index contributed by atoms with van der Waals surface area (Å²) in [4.78, 5) is 38.2. The number of amides is 2. The summed E-state index contributed by atoms with van der Waals surface area (Å²) in [7, 11) is 0. The number of fused-ring (bicyclic) bond motifs is 1. The van der Waals surface area contributed by atoms with Gasteiger partial charge in [-0.15, -0.1) is 11.8 Å². The normalized spacial score (nSPS) is 28.9. The summed E-state index contributed by atoms with van der Waals surface area (Å²) in [5, 5.41) is 11.9. The monoisotopic (exact) mass is 378 g/mol. The third-order valence-electron chi connectivity index (χ3n) is 4.81. The van der Waals surface area contributed by atoms with Crippen LogP contribution in [0.2, 0.25) is 0 Å². The van der Waals surface area contributed by atoms with Crippen LogP contribution in [0.15, 0.2) is 24.3 Å². The van der Waals surface area contributed by atoms with Crippen molar-refractivity contribution in [1.82, 2.24) is 10.2 Å². The van der Waals surface area contributed by atoms with Gasteiger partial charge in [-0.1, -0.05) is 0 Å². The van der Waals surface area contributed by atoms with Crippen molar-refractivity contribution in [2.45, 2.75) is 49.4 Å². The first-order valence-corrected chi connectivity index (χ1v) is 9.28. The van der Waals surface area contributed by atoms with E-state index in [1.54, 1.807) is 45.0 Å². The minimum absolute atomic E-state index is 0.368. The minimum atomic E-state index is -1.12. The first kappa shape index (κ1) is 18.6. The summed E-state index contributed by atoms with van der Waals surface area (Å²) in [6, 6.07) is 5.76. The highest BCUT2D eigenvalue weighted by Crippen LogP contribution is 2.54. The summed E-state index contributed by atoms with van der Waals surface area (Å²) >= 11 is 1.40. The predicted molar refractivity (Wildman–Crippen MR) is 97.2 cm³/mol. The number of nitrogens with one attached hydrogen (secondary N) is 1. The number of thioether (sulfide) groups is 1. The van der Waals surface area contributed by atoms with Gasteiger partial charge in [0.25, 0.3) is 11.8 Å². The molecule has 0 bridgehead atoms. The van der Waals surface area contributed by atoms with Crippen molar-refractivity contribution < 1.29 is 24.2 Å². The zero-order valence-electron chi connectivity index (χ0n) is 15.1. The first-order chi connectivity index (χ1) is 12.1. The molecule has 2 aliphatic heterocycles. The molecule has 0 radical (unpaired) electrons. The van der Waals surface area contributed by atoms with Crippen molar-refractivity contribution >= 4 is 29.5 Å². The molecule has 0 aliphatic carbocycles. The summed E-state index contributed by atoms with van der Waals surface area (Å²) in [5.41, 5.74) is -0.708. The first-order valence-electron chi connectivity index (χ1n) is 8.40. The molecule has 2 fully saturated rings. The van der Waals surface area contributed by atoms with Crippen molar-refractivity contribution in [3.05, 3.63) is 29.8 Å². The molecule has 26 heavy (non-hydrogen) atoms. The van der Waals surface area contributed by atoms with Gasteiger partial charge in [0.05, 0.1) is 6.61 Å². The van der Waals surface area contributed by atoms with E-state index in [2.05, 4.69) is 5.32 Å². The second-order valence-electron chi connectivity index (χ2n) is 7.14. The molecular formula is C18H22N2O5S. The fourth-order valence-corrected chi connectivity index (χ4v) is 5.16. The van der Waals surface area contributed by atoms with Crippen LogP contribution in [-0.2, 0) is 9.59 Å². The highest BCUT2D eigenvalue weighted by Gasteiger charge is 2.70. The van der Waals surface area contributed by atoms with Crippen LogP contribution in [0, 0.1) is 0 Å². The molecule has 1 aromatic carbocycles. The Bertz CT molecular complexity index is 763. The summed E-state index contributed by atoms with van der Waals surface area (Å²) < 4.78 is 4.72. The number of β-lactam (4-membered cyclic amide) rings is 1. The van der Waals surface area contributed by atoms with Crippen LogP contribution in [0.25, 0.3) is 0 Å². The maximum atomic E-state index is 12.7. The van der Waals surface area contributed by atoms with Gasteiger partial charge >= 0.3 is 5.97 Å². The SMILES string of the molecule is CCOc1ccc(C(=O)N[C@@]2(C)C(=O)N3[C@@H](C(=O)O)C(C)(C)S[C@@H]32)cc1. The van der Waals surface area contributed by atoms with Gasteiger partial charge < -0.3 is 20.1 Å². The van der Waals surface area contributed by atoms with Crippen molar-refractivity contribution in [2.75, 3.05) is 6.61 Å². The molecule has 140 valence electrons. The Morgan fingerprint density at radius 1 is 1.27 bits per heavy atom. The molecule has 0 spiro atoms. The fourth-order valence-electron chi connectivity index (χ4n) is 3.52. The Balaban J connectivity index is 1.77. The van der Waals surface area contributed by atoms with E-state index >= 15 is 0 Å². The van der Waals surface area contributed by atoms with Crippen molar-refractivity contribution in [3.8, 4) is 5.75 Å². The smallest absolute Gasteiger partial charge is 0.327 e. The van der Waals surface area contributed by atoms with Crippen molar-refractivity contribution in [3.63, 3.8) is 0 Å². The molecule has 3 atom stereocenters. The van der Waals surface area contributed by atoms with Crippen LogP contribution < -0.4 is 10.1 Å². The van der Waals surface area contributed by atoms with Crippen molar-refractivity contribution in [1.29, 1.82) is 0 Å². The molecule has 3 rings (SSSR count). The number of carbonyl (C=O) groups excluding carboxylic acids is 2. The maximum Gasteiger partial charge on any atom is 0.327 e. The van der Waals surface area contributed by atoms with Gasteiger partial charge in [-0.3, -0.25) is 9.59 Å². The van der Waals surface area contributed by atoms with E-state index in [0.29, 0.717) is 17.9 Å². The number of aliphatic carboxylic acids is 1. The van der Waals surface area contributed by atoms with Gasteiger partial charge in [0.1, 0.15) is 22.7 Å². The summed E-state index contributed by atoms with van der Waals surface area (Å²) in [6.07, 6.45) is 0. The van der Waals surface area contributed by atoms with E-state index in [1.165, 1.54) is 16.7 Å². The Labute approximate surface area is 156 Å². The van der Waals surface area contributed by atoms with Crippen LogP contribution in [0.1, 0.15) is 38.1 Å². The number of benzene rings is 1. The fraction of sp³-hybridized carbons (Fsp3) is 0.500. The standard InChI is InChI=1S/C18H22N2O5S/c1-5-25-11-8-6-10(7-9-11)13(21)19-18(4)15(24)20-12(14(22)23)17(2,3)26-16(18)20/h6-9,12,16H,5H2,1-4H3,(H,19,21)(H,22,23)/t12-,16+,18-/m0/s1. The highest BCUT2D eigenvalue weighted by atomic mass is 32.2. The van der Waals surface area contributed by atoms with Crippen LogP contribution in [0.4, 0.5) is 0 Å². The molecule has 0 unspecified atom stereocenters.